The zero-order valence-corrected chi connectivity index (χ0v) is 11.2. The predicted molar refractivity (Wildman–Crippen MR) is 76.3 cm³/mol. The van der Waals surface area contributed by atoms with Crippen LogP contribution in [0.1, 0.15) is 18.5 Å². The molecular weight excluding hydrogens is 238 g/mol. The monoisotopic (exact) mass is 257 g/mol. The van der Waals surface area contributed by atoms with Crippen molar-refractivity contribution in [2.24, 2.45) is 5.92 Å². The van der Waals surface area contributed by atoms with Crippen molar-refractivity contribution in [2.75, 3.05) is 24.6 Å². The van der Waals surface area contributed by atoms with Crippen molar-refractivity contribution in [1.29, 1.82) is 0 Å². The largest absolute Gasteiger partial charge is 0.396 e. The SMILES string of the molecule is Cc1nc2ccccc2nc1N1CCC(CCO)C1. The van der Waals surface area contributed by atoms with Crippen LogP contribution in [0.2, 0.25) is 0 Å². The summed E-state index contributed by atoms with van der Waals surface area (Å²) in [6.07, 6.45) is 2.02. The summed E-state index contributed by atoms with van der Waals surface area (Å²) >= 11 is 0. The first-order valence-corrected chi connectivity index (χ1v) is 6.87. The molecule has 2 aromatic rings. The van der Waals surface area contributed by atoms with Crippen LogP contribution in [0.3, 0.4) is 0 Å². The van der Waals surface area contributed by atoms with Crippen molar-refractivity contribution in [3.8, 4) is 0 Å². The molecule has 4 nitrogen and oxygen atoms in total. The first-order valence-electron chi connectivity index (χ1n) is 6.87. The topological polar surface area (TPSA) is 49.2 Å². The minimum Gasteiger partial charge on any atom is -0.396 e. The Balaban J connectivity index is 1.90. The Kier molecular flexibility index (Phi) is 3.34. The number of rotatable bonds is 3. The number of aromatic nitrogens is 2. The van der Waals surface area contributed by atoms with E-state index in [-0.39, 0.29) is 6.61 Å². The number of fused-ring (bicyclic) bond motifs is 1. The number of anilines is 1. The van der Waals surface area contributed by atoms with Crippen molar-refractivity contribution in [1.82, 2.24) is 9.97 Å². The van der Waals surface area contributed by atoms with Crippen molar-refractivity contribution < 1.29 is 5.11 Å². The summed E-state index contributed by atoms with van der Waals surface area (Å²) in [6.45, 7) is 4.29. The van der Waals surface area contributed by atoms with Gasteiger partial charge in [0, 0.05) is 19.7 Å². The molecule has 4 heteroatoms. The summed E-state index contributed by atoms with van der Waals surface area (Å²) in [6, 6.07) is 7.99. The van der Waals surface area contributed by atoms with Gasteiger partial charge in [0.2, 0.25) is 0 Å². The normalized spacial score (nSPS) is 19.3. The highest BCUT2D eigenvalue weighted by atomic mass is 16.3. The van der Waals surface area contributed by atoms with Gasteiger partial charge in [0.05, 0.1) is 16.7 Å². The quantitative estimate of drug-likeness (QED) is 0.915. The van der Waals surface area contributed by atoms with E-state index in [1.54, 1.807) is 0 Å². The van der Waals surface area contributed by atoms with Gasteiger partial charge in [-0.1, -0.05) is 12.1 Å². The van der Waals surface area contributed by atoms with Crippen LogP contribution in [0.15, 0.2) is 24.3 Å². The molecule has 2 heterocycles. The molecule has 0 spiro atoms. The Morgan fingerprint density at radius 2 is 2.00 bits per heavy atom. The van der Waals surface area contributed by atoms with Crippen molar-refractivity contribution >= 4 is 16.9 Å². The number of aliphatic hydroxyl groups excluding tert-OH is 1. The Morgan fingerprint density at radius 1 is 1.26 bits per heavy atom. The molecule has 1 aromatic carbocycles. The fourth-order valence-electron chi connectivity index (χ4n) is 2.82. The second kappa shape index (κ2) is 5.13. The number of benzene rings is 1. The summed E-state index contributed by atoms with van der Waals surface area (Å²) in [5, 5.41) is 9.03. The highest BCUT2D eigenvalue weighted by molar-refractivity contribution is 5.76. The molecule has 19 heavy (non-hydrogen) atoms. The molecule has 1 aliphatic heterocycles. The van der Waals surface area contributed by atoms with Crippen LogP contribution >= 0.6 is 0 Å². The summed E-state index contributed by atoms with van der Waals surface area (Å²) in [5.41, 5.74) is 2.90. The van der Waals surface area contributed by atoms with Gasteiger partial charge in [-0.2, -0.15) is 0 Å². The van der Waals surface area contributed by atoms with Crippen LogP contribution in [-0.4, -0.2) is 34.8 Å². The number of hydrogen-bond acceptors (Lipinski definition) is 4. The van der Waals surface area contributed by atoms with Crippen LogP contribution in [0.25, 0.3) is 11.0 Å². The molecule has 3 rings (SSSR count). The standard InChI is InChI=1S/C15H19N3O/c1-11-15(18-8-6-12(10-18)7-9-19)17-14-5-3-2-4-13(14)16-11/h2-5,12,19H,6-10H2,1H3. The van der Waals surface area contributed by atoms with Crippen molar-refractivity contribution in [3.05, 3.63) is 30.0 Å². The van der Waals surface area contributed by atoms with Crippen LogP contribution < -0.4 is 4.90 Å². The number of aliphatic hydroxyl groups is 1. The van der Waals surface area contributed by atoms with Crippen LogP contribution in [0, 0.1) is 12.8 Å². The fraction of sp³-hybridized carbons (Fsp3) is 0.467. The Labute approximate surface area is 113 Å². The maximum absolute atomic E-state index is 9.03. The van der Waals surface area contributed by atoms with E-state index in [0.29, 0.717) is 5.92 Å². The van der Waals surface area contributed by atoms with Gasteiger partial charge in [-0.3, -0.25) is 0 Å². The van der Waals surface area contributed by atoms with Crippen molar-refractivity contribution in [2.45, 2.75) is 19.8 Å². The predicted octanol–water partition coefficient (Wildman–Crippen LogP) is 2.15. The third kappa shape index (κ3) is 2.40. The molecule has 1 atom stereocenters. The van der Waals surface area contributed by atoms with E-state index >= 15 is 0 Å². The average Bonchev–Trinajstić information content (AvgIpc) is 2.87. The smallest absolute Gasteiger partial charge is 0.150 e. The zero-order valence-electron chi connectivity index (χ0n) is 11.2. The molecule has 0 amide bonds. The van der Waals surface area contributed by atoms with Crippen LogP contribution in [-0.2, 0) is 0 Å². The summed E-state index contributed by atoms with van der Waals surface area (Å²) in [5.74, 6) is 1.58. The third-order valence-electron chi connectivity index (χ3n) is 3.84. The highest BCUT2D eigenvalue weighted by Gasteiger charge is 2.24. The van der Waals surface area contributed by atoms with Crippen LogP contribution in [0.5, 0.6) is 0 Å². The van der Waals surface area contributed by atoms with Crippen molar-refractivity contribution in [3.63, 3.8) is 0 Å². The van der Waals surface area contributed by atoms with E-state index in [9.17, 15) is 0 Å². The second-order valence-electron chi connectivity index (χ2n) is 5.23. The molecule has 0 radical (unpaired) electrons. The zero-order chi connectivity index (χ0) is 13.2. The van der Waals surface area contributed by atoms with Crippen LogP contribution in [0.4, 0.5) is 5.82 Å². The van der Waals surface area contributed by atoms with E-state index in [4.69, 9.17) is 10.1 Å². The Hall–Kier alpha value is -1.68. The van der Waals surface area contributed by atoms with E-state index in [0.717, 1.165) is 48.5 Å². The maximum atomic E-state index is 9.03. The van der Waals surface area contributed by atoms with Gasteiger partial charge < -0.3 is 10.0 Å². The molecule has 0 aliphatic carbocycles. The highest BCUT2D eigenvalue weighted by Crippen LogP contribution is 2.27. The number of para-hydroxylation sites is 2. The van der Waals surface area contributed by atoms with Gasteiger partial charge in [0.25, 0.3) is 0 Å². The summed E-state index contributed by atoms with van der Waals surface area (Å²) in [4.78, 5) is 11.7. The fourth-order valence-corrected chi connectivity index (χ4v) is 2.82. The lowest BCUT2D eigenvalue weighted by Gasteiger charge is -2.19. The lowest BCUT2D eigenvalue weighted by atomic mass is 10.1. The molecule has 100 valence electrons. The molecule has 1 saturated heterocycles. The van der Waals surface area contributed by atoms with Gasteiger partial charge in [0.15, 0.2) is 5.82 Å². The van der Waals surface area contributed by atoms with E-state index < -0.39 is 0 Å². The van der Waals surface area contributed by atoms with Gasteiger partial charge in [-0.15, -0.1) is 0 Å². The Morgan fingerprint density at radius 3 is 2.74 bits per heavy atom. The summed E-state index contributed by atoms with van der Waals surface area (Å²) in [7, 11) is 0. The minimum atomic E-state index is 0.279. The maximum Gasteiger partial charge on any atom is 0.150 e. The van der Waals surface area contributed by atoms with E-state index in [1.807, 2.05) is 31.2 Å². The second-order valence-corrected chi connectivity index (χ2v) is 5.23. The molecule has 1 aromatic heterocycles. The third-order valence-corrected chi connectivity index (χ3v) is 3.84. The first-order chi connectivity index (χ1) is 9.28. The molecule has 1 unspecified atom stereocenters. The number of aryl methyl sites for hydroxylation is 1. The lowest BCUT2D eigenvalue weighted by molar-refractivity contribution is 0.263. The van der Waals surface area contributed by atoms with Gasteiger partial charge in [-0.25, -0.2) is 9.97 Å². The lowest BCUT2D eigenvalue weighted by Crippen LogP contribution is -2.22. The number of nitrogens with zero attached hydrogens (tertiary/aromatic N) is 3. The molecular formula is C15H19N3O. The summed E-state index contributed by atoms with van der Waals surface area (Å²) < 4.78 is 0. The molecule has 1 aliphatic rings. The molecule has 1 N–H and O–H groups in total. The Bertz CT molecular complexity index is 585. The van der Waals surface area contributed by atoms with Gasteiger partial charge >= 0.3 is 0 Å². The van der Waals surface area contributed by atoms with E-state index in [2.05, 4.69) is 9.88 Å². The van der Waals surface area contributed by atoms with Gasteiger partial charge in [0.1, 0.15) is 0 Å². The minimum absolute atomic E-state index is 0.279. The molecule has 0 saturated carbocycles. The van der Waals surface area contributed by atoms with E-state index in [1.165, 1.54) is 0 Å². The average molecular weight is 257 g/mol. The molecule has 1 fully saturated rings. The number of hydrogen-bond donors (Lipinski definition) is 1. The molecule has 0 bridgehead atoms. The van der Waals surface area contributed by atoms with Gasteiger partial charge in [-0.05, 0) is 37.8 Å². The first kappa shape index (κ1) is 12.4.